The number of rotatable bonds is 5. The molecule has 0 N–H and O–H groups in total. The van der Waals surface area contributed by atoms with E-state index in [1.807, 2.05) is 13.8 Å². The van der Waals surface area contributed by atoms with Crippen molar-refractivity contribution >= 4 is 0 Å². The van der Waals surface area contributed by atoms with E-state index in [1.54, 1.807) is 0 Å². The van der Waals surface area contributed by atoms with Gasteiger partial charge in [-0.1, -0.05) is 12.8 Å². The van der Waals surface area contributed by atoms with Gasteiger partial charge in [0.15, 0.2) is 0 Å². The van der Waals surface area contributed by atoms with Gasteiger partial charge in [0.05, 0.1) is 11.5 Å². The average Bonchev–Trinajstić information content (AvgIpc) is 2.27. The smallest absolute Gasteiger partial charge is 0.0683 e. The van der Waals surface area contributed by atoms with Crippen molar-refractivity contribution in [1.82, 2.24) is 4.90 Å². The molecule has 0 aromatic carbocycles. The second-order valence-corrected chi connectivity index (χ2v) is 6.32. The van der Waals surface area contributed by atoms with Crippen LogP contribution in [0, 0.1) is 16.7 Å². The van der Waals surface area contributed by atoms with Crippen molar-refractivity contribution in [3.63, 3.8) is 0 Å². The molecular formula is C15H28N2. The third-order valence-corrected chi connectivity index (χ3v) is 4.15. The minimum Gasteiger partial charge on any atom is -0.298 e. The molecule has 0 bridgehead atoms. The first kappa shape index (κ1) is 14.5. The lowest BCUT2D eigenvalue weighted by Gasteiger charge is -2.39. The molecule has 1 aliphatic heterocycles. The van der Waals surface area contributed by atoms with Crippen LogP contribution >= 0.6 is 0 Å². The highest BCUT2D eigenvalue weighted by Crippen LogP contribution is 2.25. The first-order chi connectivity index (χ1) is 7.96. The summed E-state index contributed by atoms with van der Waals surface area (Å²) < 4.78 is 0. The summed E-state index contributed by atoms with van der Waals surface area (Å²) in [5.41, 5.74) is -0.140. The number of unbranched alkanes of at least 4 members (excludes halogenated alkanes) is 1. The minimum atomic E-state index is -0.140. The molecule has 1 fully saturated rings. The van der Waals surface area contributed by atoms with Crippen LogP contribution in [0.2, 0.25) is 0 Å². The van der Waals surface area contributed by atoms with Crippen molar-refractivity contribution in [3.8, 4) is 6.07 Å². The summed E-state index contributed by atoms with van der Waals surface area (Å²) in [4.78, 5) is 2.66. The van der Waals surface area contributed by atoms with E-state index in [2.05, 4.69) is 24.8 Å². The van der Waals surface area contributed by atoms with Crippen LogP contribution in [0.4, 0.5) is 0 Å². The molecule has 1 saturated heterocycles. The number of piperidine rings is 1. The van der Waals surface area contributed by atoms with Crippen molar-refractivity contribution in [2.75, 3.05) is 6.54 Å². The van der Waals surface area contributed by atoms with Crippen molar-refractivity contribution < 1.29 is 0 Å². The SMILES string of the molecule is C[C@@H]1CCC[C@H](C)N1CCCCC(C)(C)C#N. The molecule has 0 aromatic heterocycles. The van der Waals surface area contributed by atoms with Gasteiger partial charge in [-0.3, -0.25) is 4.90 Å². The zero-order valence-electron chi connectivity index (χ0n) is 12.0. The fourth-order valence-electron chi connectivity index (χ4n) is 2.83. The van der Waals surface area contributed by atoms with Crippen molar-refractivity contribution in [1.29, 1.82) is 5.26 Å². The normalized spacial score (nSPS) is 26.8. The van der Waals surface area contributed by atoms with Crippen LogP contribution in [0.5, 0.6) is 0 Å². The molecule has 0 unspecified atom stereocenters. The zero-order valence-corrected chi connectivity index (χ0v) is 12.0. The summed E-state index contributed by atoms with van der Waals surface area (Å²) in [5, 5.41) is 8.97. The van der Waals surface area contributed by atoms with Gasteiger partial charge < -0.3 is 0 Å². The van der Waals surface area contributed by atoms with Gasteiger partial charge in [-0.25, -0.2) is 0 Å². The standard InChI is InChI=1S/C15H28N2/c1-13-8-7-9-14(2)17(13)11-6-5-10-15(3,4)12-16/h13-14H,5-11H2,1-4H3/t13-,14+. The molecular weight excluding hydrogens is 208 g/mol. The van der Waals surface area contributed by atoms with E-state index in [0.29, 0.717) is 0 Å². The Hall–Kier alpha value is -0.550. The highest BCUT2D eigenvalue weighted by atomic mass is 15.2. The van der Waals surface area contributed by atoms with Gasteiger partial charge in [-0.2, -0.15) is 5.26 Å². The molecule has 0 aromatic rings. The molecule has 1 aliphatic rings. The van der Waals surface area contributed by atoms with E-state index in [-0.39, 0.29) is 5.41 Å². The van der Waals surface area contributed by atoms with E-state index < -0.39 is 0 Å². The Balaban J connectivity index is 2.24. The van der Waals surface area contributed by atoms with E-state index in [4.69, 9.17) is 5.26 Å². The van der Waals surface area contributed by atoms with Crippen LogP contribution in [0.3, 0.4) is 0 Å². The first-order valence-electron chi connectivity index (χ1n) is 7.13. The van der Waals surface area contributed by atoms with E-state index in [1.165, 1.54) is 38.6 Å². The molecule has 0 saturated carbocycles. The maximum atomic E-state index is 8.97. The fourth-order valence-corrected chi connectivity index (χ4v) is 2.83. The average molecular weight is 236 g/mol. The third kappa shape index (κ3) is 4.68. The summed E-state index contributed by atoms with van der Waals surface area (Å²) >= 11 is 0. The second-order valence-electron chi connectivity index (χ2n) is 6.32. The molecule has 1 rings (SSSR count). The molecule has 1 heterocycles. The van der Waals surface area contributed by atoms with Crippen molar-refractivity contribution in [2.24, 2.45) is 5.41 Å². The Labute approximate surface area is 107 Å². The molecule has 0 aliphatic carbocycles. The van der Waals surface area contributed by atoms with E-state index >= 15 is 0 Å². The largest absolute Gasteiger partial charge is 0.298 e. The molecule has 0 radical (unpaired) electrons. The lowest BCUT2D eigenvalue weighted by Crippen LogP contribution is -2.44. The van der Waals surface area contributed by atoms with Gasteiger partial charge in [0.2, 0.25) is 0 Å². The van der Waals surface area contributed by atoms with Gasteiger partial charge in [0, 0.05) is 12.1 Å². The zero-order chi connectivity index (χ0) is 12.9. The predicted octanol–water partition coefficient (Wildman–Crippen LogP) is 3.97. The molecule has 0 spiro atoms. The Morgan fingerprint density at radius 2 is 1.76 bits per heavy atom. The van der Waals surface area contributed by atoms with E-state index in [9.17, 15) is 0 Å². The van der Waals surface area contributed by atoms with Crippen LogP contribution in [0.1, 0.15) is 66.2 Å². The van der Waals surface area contributed by atoms with Crippen LogP contribution in [0.15, 0.2) is 0 Å². The molecule has 2 heteroatoms. The monoisotopic (exact) mass is 236 g/mol. The predicted molar refractivity (Wildman–Crippen MR) is 72.7 cm³/mol. The summed E-state index contributed by atoms with van der Waals surface area (Å²) in [6, 6.07) is 3.89. The van der Waals surface area contributed by atoms with Crippen molar-refractivity contribution in [3.05, 3.63) is 0 Å². The molecule has 2 atom stereocenters. The number of nitrogens with zero attached hydrogens (tertiary/aromatic N) is 2. The summed E-state index contributed by atoms with van der Waals surface area (Å²) in [6.45, 7) is 10.0. The highest BCUT2D eigenvalue weighted by molar-refractivity contribution is 4.91. The maximum absolute atomic E-state index is 8.97. The minimum absolute atomic E-state index is 0.140. The fraction of sp³-hybridized carbons (Fsp3) is 0.933. The van der Waals surface area contributed by atoms with Gasteiger partial charge in [-0.15, -0.1) is 0 Å². The number of likely N-dealkylation sites (tertiary alicyclic amines) is 1. The summed E-state index contributed by atoms with van der Waals surface area (Å²) in [6.07, 6.45) is 7.54. The van der Waals surface area contributed by atoms with Gasteiger partial charge in [0.1, 0.15) is 0 Å². The quantitative estimate of drug-likeness (QED) is 0.675. The highest BCUT2D eigenvalue weighted by Gasteiger charge is 2.24. The Kier molecular flexibility index (Phi) is 5.46. The number of nitriles is 1. The van der Waals surface area contributed by atoms with Crippen LogP contribution in [0.25, 0.3) is 0 Å². The number of hydrogen-bond donors (Lipinski definition) is 0. The van der Waals surface area contributed by atoms with Gasteiger partial charge in [-0.05, 0) is 59.9 Å². The van der Waals surface area contributed by atoms with Crippen LogP contribution in [-0.2, 0) is 0 Å². The first-order valence-corrected chi connectivity index (χ1v) is 7.13. The summed E-state index contributed by atoms with van der Waals surface area (Å²) in [7, 11) is 0. The van der Waals surface area contributed by atoms with Crippen molar-refractivity contribution in [2.45, 2.75) is 78.3 Å². The molecule has 17 heavy (non-hydrogen) atoms. The second kappa shape index (κ2) is 6.40. The lowest BCUT2D eigenvalue weighted by molar-refractivity contribution is 0.100. The maximum Gasteiger partial charge on any atom is 0.0683 e. The molecule has 0 amide bonds. The number of hydrogen-bond acceptors (Lipinski definition) is 2. The lowest BCUT2D eigenvalue weighted by atomic mass is 9.89. The summed E-state index contributed by atoms with van der Waals surface area (Å²) in [5.74, 6) is 0. The Bertz CT molecular complexity index is 255. The Morgan fingerprint density at radius 3 is 2.29 bits per heavy atom. The molecule has 98 valence electrons. The molecule has 2 nitrogen and oxygen atoms in total. The van der Waals surface area contributed by atoms with Crippen LogP contribution in [-0.4, -0.2) is 23.5 Å². The Morgan fingerprint density at radius 1 is 1.18 bits per heavy atom. The third-order valence-electron chi connectivity index (χ3n) is 4.15. The van der Waals surface area contributed by atoms with Crippen LogP contribution < -0.4 is 0 Å². The topological polar surface area (TPSA) is 27.0 Å². The van der Waals surface area contributed by atoms with Gasteiger partial charge in [0.25, 0.3) is 0 Å². The van der Waals surface area contributed by atoms with Gasteiger partial charge >= 0.3 is 0 Å². The van der Waals surface area contributed by atoms with E-state index in [0.717, 1.165) is 18.5 Å².